The molecule has 1 aliphatic heterocycles. The summed E-state index contributed by atoms with van der Waals surface area (Å²) < 4.78 is 31.6. The highest BCUT2D eigenvalue weighted by molar-refractivity contribution is 7.92. The van der Waals surface area contributed by atoms with Gasteiger partial charge in [-0.25, -0.2) is 18.2 Å². The molecule has 4 N–H and O–H groups in total. The second-order valence-corrected chi connectivity index (χ2v) is 9.38. The molecule has 1 saturated heterocycles. The number of fused-ring (bicyclic) bond motifs is 1. The standard InChI is InChI=1S/C20H18ClN3O6S/c21-11-4-5-14-13(8-11)15(24-19-12(20(26)27)2-1-3-16(19)25)9-17(23-14)31(28,29)18-10-30-7-6-22-18/h1-5,8-9,18,22,25H,6-7,10H2,(H,23,24)(H,26,27). The van der Waals surface area contributed by atoms with Gasteiger partial charge in [-0.2, -0.15) is 0 Å². The lowest BCUT2D eigenvalue weighted by Gasteiger charge is -2.24. The van der Waals surface area contributed by atoms with Crippen LogP contribution in [-0.2, 0) is 14.6 Å². The highest BCUT2D eigenvalue weighted by atomic mass is 35.5. The Labute approximate surface area is 182 Å². The Hall–Kier alpha value is -2.92. The molecule has 2 aromatic carbocycles. The van der Waals surface area contributed by atoms with Gasteiger partial charge in [0, 0.05) is 17.0 Å². The number of anilines is 2. The summed E-state index contributed by atoms with van der Waals surface area (Å²) in [5.41, 5.74) is 0.299. The van der Waals surface area contributed by atoms with Gasteiger partial charge in [-0.1, -0.05) is 17.7 Å². The van der Waals surface area contributed by atoms with Crippen LogP contribution in [0.4, 0.5) is 11.4 Å². The molecule has 11 heteroatoms. The van der Waals surface area contributed by atoms with E-state index < -0.39 is 21.2 Å². The number of morpholine rings is 1. The van der Waals surface area contributed by atoms with Crippen LogP contribution in [0, 0.1) is 0 Å². The molecule has 1 atom stereocenters. The number of phenolic OH excluding ortho intramolecular Hbond substituents is 1. The third-order valence-corrected chi connectivity index (χ3v) is 6.91. The number of carboxylic acids is 1. The first-order valence-corrected chi connectivity index (χ1v) is 11.2. The number of nitrogens with zero attached hydrogens (tertiary/aromatic N) is 1. The highest BCUT2D eigenvalue weighted by Crippen LogP contribution is 2.35. The largest absolute Gasteiger partial charge is 0.506 e. The molecule has 1 unspecified atom stereocenters. The molecule has 9 nitrogen and oxygen atoms in total. The van der Waals surface area contributed by atoms with Crippen LogP contribution < -0.4 is 10.6 Å². The third-order valence-electron chi connectivity index (χ3n) is 4.83. The Morgan fingerprint density at radius 1 is 1.26 bits per heavy atom. The van der Waals surface area contributed by atoms with Gasteiger partial charge in [0.2, 0.25) is 9.84 Å². The molecule has 162 valence electrons. The monoisotopic (exact) mass is 463 g/mol. The van der Waals surface area contributed by atoms with Crippen LogP contribution in [-0.4, -0.2) is 54.7 Å². The van der Waals surface area contributed by atoms with Crippen molar-refractivity contribution in [2.24, 2.45) is 0 Å². The van der Waals surface area contributed by atoms with Crippen molar-refractivity contribution < 1.29 is 28.2 Å². The summed E-state index contributed by atoms with van der Waals surface area (Å²) in [6.07, 6.45) is 0. The van der Waals surface area contributed by atoms with Crippen molar-refractivity contribution in [3.05, 3.63) is 53.1 Å². The summed E-state index contributed by atoms with van der Waals surface area (Å²) in [4.78, 5) is 15.9. The van der Waals surface area contributed by atoms with Crippen LogP contribution in [0.25, 0.3) is 10.9 Å². The minimum Gasteiger partial charge on any atom is -0.506 e. The molecule has 0 aliphatic carbocycles. The summed E-state index contributed by atoms with van der Waals surface area (Å²) in [5.74, 6) is -1.56. The first-order valence-electron chi connectivity index (χ1n) is 9.25. The molecule has 4 rings (SSSR count). The number of carbonyl (C=O) groups is 1. The number of phenols is 1. The molecule has 3 aromatic rings. The number of hydrogen-bond acceptors (Lipinski definition) is 8. The Morgan fingerprint density at radius 3 is 2.77 bits per heavy atom. The van der Waals surface area contributed by atoms with E-state index >= 15 is 0 Å². The molecule has 0 amide bonds. The van der Waals surface area contributed by atoms with E-state index in [1.807, 2.05) is 0 Å². The van der Waals surface area contributed by atoms with Crippen LogP contribution in [0.15, 0.2) is 47.5 Å². The zero-order chi connectivity index (χ0) is 22.2. The van der Waals surface area contributed by atoms with Gasteiger partial charge in [0.1, 0.15) is 11.1 Å². The van der Waals surface area contributed by atoms with Gasteiger partial charge in [-0.05, 0) is 36.4 Å². The molecule has 0 bridgehead atoms. The maximum atomic E-state index is 13.1. The SMILES string of the molecule is O=C(O)c1cccc(O)c1Nc1cc(S(=O)(=O)C2COCCN2)nc2ccc(Cl)cc12. The second-order valence-electron chi connectivity index (χ2n) is 6.86. The van der Waals surface area contributed by atoms with Crippen LogP contribution >= 0.6 is 11.6 Å². The number of ether oxygens (including phenoxy) is 1. The van der Waals surface area contributed by atoms with E-state index in [9.17, 15) is 23.4 Å². The van der Waals surface area contributed by atoms with Gasteiger partial charge in [-0.3, -0.25) is 5.32 Å². The number of rotatable bonds is 5. The summed E-state index contributed by atoms with van der Waals surface area (Å²) in [5, 5.41) is 25.1. The van der Waals surface area contributed by atoms with Crippen molar-refractivity contribution in [1.29, 1.82) is 0 Å². The van der Waals surface area contributed by atoms with Gasteiger partial charge in [0.25, 0.3) is 0 Å². The number of para-hydroxylation sites is 1. The third kappa shape index (κ3) is 4.15. The molecule has 1 aliphatic rings. The number of aromatic hydroxyl groups is 1. The lowest BCUT2D eigenvalue weighted by Crippen LogP contribution is -2.46. The molecule has 1 fully saturated rings. The fourth-order valence-corrected chi connectivity index (χ4v) is 4.88. The minimum atomic E-state index is -3.91. The molecule has 0 spiro atoms. The quantitative estimate of drug-likeness (QED) is 0.420. The Balaban J connectivity index is 1.89. The van der Waals surface area contributed by atoms with Crippen molar-refractivity contribution in [2.45, 2.75) is 10.4 Å². The number of sulfone groups is 1. The number of hydrogen-bond donors (Lipinski definition) is 4. The lowest BCUT2D eigenvalue weighted by atomic mass is 10.1. The molecule has 1 aromatic heterocycles. The van der Waals surface area contributed by atoms with E-state index in [0.29, 0.717) is 29.1 Å². The number of pyridine rings is 1. The number of aromatic nitrogens is 1. The predicted octanol–water partition coefficient (Wildman–Crippen LogP) is 2.76. The van der Waals surface area contributed by atoms with Crippen molar-refractivity contribution in [2.75, 3.05) is 25.1 Å². The van der Waals surface area contributed by atoms with E-state index in [4.69, 9.17) is 16.3 Å². The fraction of sp³-hybridized carbons (Fsp3) is 0.200. The van der Waals surface area contributed by atoms with E-state index in [-0.39, 0.29) is 34.3 Å². The van der Waals surface area contributed by atoms with Gasteiger partial charge in [0.15, 0.2) is 5.03 Å². The van der Waals surface area contributed by atoms with E-state index in [1.54, 1.807) is 18.2 Å². The van der Waals surface area contributed by atoms with Crippen molar-refractivity contribution >= 4 is 49.7 Å². The molecule has 0 saturated carbocycles. The highest BCUT2D eigenvalue weighted by Gasteiger charge is 2.31. The fourth-order valence-electron chi connectivity index (χ4n) is 3.29. The zero-order valence-electron chi connectivity index (χ0n) is 16.0. The number of benzene rings is 2. The normalized spacial score (nSPS) is 16.9. The molecular weight excluding hydrogens is 446 g/mol. The average molecular weight is 464 g/mol. The first-order chi connectivity index (χ1) is 14.8. The topological polar surface area (TPSA) is 138 Å². The van der Waals surface area contributed by atoms with Crippen molar-refractivity contribution in [1.82, 2.24) is 10.3 Å². The number of aromatic carboxylic acids is 1. The van der Waals surface area contributed by atoms with Crippen LogP contribution in [0.2, 0.25) is 5.02 Å². The van der Waals surface area contributed by atoms with Crippen LogP contribution in [0.3, 0.4) is 0 Å². The second kappa shape index (κ2) is 8.31. The number of carboxylic acid groups (broad SMARTS) is 1. The summed E-state index contributed by atoms with van der Waals surface area (Å²) in [7, 11) is -3.91. The summed E-state index contributed by atoms with van der Waals surface area (Å²) in [6.45, 7) is 0.778. The molecule has 31 heavy (non-hydrogen) atoms. The maximum absolute atomic E-state index is 13.1. The Kier molecular flexibility index (Phi) is 5.71. The molecular formula is C20H18ClN3O6S. The van der Waals surface area contributed by atoms with Gasteiger partial charge in [-0.15, -0.1) is 0 Å². The maximum Gasteiger partial charge on any atom is 0.337 e. The smallest absolute Gasteiger partial charge is 0.337 e. The lowest BCUT2D eigenvalue weighted by molar-refractivity contribution is 0.0697. The summed E-state index contributed by atoms with van der Waals surface area (Å²) in [6, 6.07) is 10.1. The first kappa shape index (κ1) is 21.3. The van der Waals surface area contributed by atoms with Gasteiger partial charge < -0.3 is 20.3 Å². The van der Waals surface area contributed by atoms with E-state index in [1.165, 1.54) is 24.3 Å². The average Bonchev–Trinajstić information content (AvgIpc) is 2.75. The van der Waals surface area contributed by atoms with E-state index in [2.05, 4.69) is 15.6 Å². The van der Waals surface area contributed by atoms with Crippen molar-refractivity contribution in [3.8, 4) is 5.75 Å². The van der Waals surface area contributed by atoms with Crippen LogP contribution in [0.1, 0.15) is 10.4 Å². The number of halogens is 1. The minimum absolute atomic E-state index is 0.0198. The van der Waals surface area contributed by atoms with Crippen LogP contribution in [0.5, 0.6) is 5.75 Å². The van der Waals surface area contributed by atoms with Gasteiger partial charge >= 0.3 is 5.97 Å². The summed E-state index contributed by atoms with van der Waals surface area (Å²) >= 11 is 6.11. The van der Waals surface area contributed by atoms with Gasteiger partial charge in [0.05, 0.1) is 35.7 Å². The molecule has 2 heterocycles. The predicted molar refractivity (Wildman–Crippen MR) is 115 cm³/mol. The molecule has 0 radical (unpaired) electrons. The van der Waals surface area contributed by atoms with E-state index in [0.717, 1.165) is 0 Å². The van der Waals surface area contributed by atoms with Crippen molar-refractivity contribution in [3.63, 3.8) is 0 Å². The number of nitrogens with one attached hydrogen (secondary N) is 2. The Morgan fingerprint density at radius 2 is 2.06 bits per heavy atom. The Bertz CT molecular complexity index is 1280. The zero-order valence-corrected chi connectivity index (χ0v) is 17.6.